The van der Waals surface area contributed by atoms with Crippen LogP contribution in [-0.2, 0) is 5.54 Å². The molecule has 0 radical (unpaired) electrons. The van der Waals surface area contributed by atoms with Crippen LogP contribution in [0, 0.1) is 11.3 Å². The van der Waals surface area contributed by atoms with Crippen molar-refractivity contribution < 1.29 is 0 Å². The van der Waals surface area contributed by atoms with Crippen LogP contribution in [0.25, 0.3) is 0 Å². The molecule has 0 heterocycles. The standard InChI is InChI=1S/C16H14BrClN2S/c1-16(10-19,11-3-6-13(21-2)7-4-11)20-12-5-8-15(18)14(17)9-12/h3-9,20H,1-2H3. The van der Waals surface area contributed by atoms with Crippen molar-refractivity contribution in [3.63, 3.8) is 0 Å². The molecule has 2 aromatic rings. The molecule has 1 atom stereocenters. The summed E-state index contributed by atoms with van der Waals surface area (Å²) >= 11 is 11.1. The fourth-order valence-electron chi connectivity index (χ4n) is 1.95. The summed E-state index contributed by atoms with van der Waals surface area (Å²) in [5.74, 6) is 0. The van der Waals surface area contributed by atoms with Crippen LogP contribution in [0.1, 0.15) is 12.5 Å². The topological polar surface area (TPSA) is 35.8 Å². The van der Waals surface area contributed by atoms with E-state index < -0.39 is 5.54 Å². The second kappa shape index (κ2) is 6.74. The van der Waals surface area contributed by atoms with Crippen molar-refractivity contribution in [2.75, 3.05) is 11.6 Å². The number of rotatable bonds is 4. The van der Waals surface area contributed by atoms with E-state index in [0.29, 0.717) is 5.02 Å². The van der Waals surface area contributed by atoms with Gasteiger partial charge in [0.2, 0.25) is 0 Å². The molecule has 0 aliphatic rings. The Hall–Kier alpha value is -1.15. The first-order valence-electron chi connectivity index (χ1n) is 6.27. The predicted octanol–water partition coefficient (Wildman–Crippen LogP) is 5.68. The van der Waals surface area contributed by atoms with E-state index in [-0.39, 0.29) is 0 Å². The molecule has 1 N–H and O–H groups in total. The normalized spacial score (nSPS) is 13.3. The summed E-state index contributed by atoms with van der Waals surface area (Å²) in [6.07, 6.45) is 2.03. The molecule has 1 unspecified atom stereocenters. The van der Waals surface area contributed by atoms with Crippen molar-refractivity contribution in [3.8, 4) is 6.07 Å². The van der Waals surface area contributed by atoms with Gasteiger partial charge in [0.1, 0.15) is 5.54 Å². The Balaban J connectivity index is 2.32. The van der Waals surface area contributed by atoms with E-state index in [1.165, 1.54) is 4.90 Å². The molecular weight excluding hydrogens is 368 g/mol. The lowest BCUT2D eigenvalue weighted by molar-refractivity contribution is 0.705. The van der Waals surface area contributed by atoms with Crippen LogP contribution in [0.3, 0.4) is 0 Å². The van der Waals surface area contributed by atoms with Gasteiger partial charge in [0.05, 0.1) is 11.1 Å². The minimum Gasteiger partial charge on any atom is -0.364 e. The molecule has 0 bridgehead atoms. The minimum absolute atomic E-state index is 0.642. The van der Waals surface area contributed by atoms with Crippen LogP contribution in [-0.4, -0.2) is 6.26 Å². The number of nitriles is 1. The maximum atomic E-state index is 9.59. The largest absolute Gasteiger partial charge is 0.364 e. The Labute approximate surface area is 142 Å². The van der Waals surface area contributed by atoms with Crippen LogP contribution >= 0.6 is 39.3 Å². The predicted molar refractivity (Wildman–Crippen MR) is 94.0 cm³/mol. The smallest absolute Gasteiger partial charge is 0.148 e. The lowest BCUT2D eigenvalue weighted by atomic mass is 9.93. The van der Waals surface area contributed by atoms with Gasteiger partial charge in [-0.15, -0.1) is 11.8 Å². The van der Waals surface area contributed by atoms with E-state index in [9.17, 15) is 5.26 Å². The lowest BCUT2D eigenvalue weighted by Gasteiger charge is -2.25. The highest BCUT2D eigenvalue weighted by molar-refractivity contribution is 9.10. The summed E-state index contributed by atoms with van der Waals surface area (Å²) in [5.41, 5.74) is 0.961. The average Bonchev–Trinajstić information content (AvgIpc) is 2.51. The Bertz CT molecular complexity index is 682. The zero-order chi connectivity index (χ0) is 15.5. The van der Waals surface area contributed by atoms with Crippen LogP contribution in [0.15, 0.2) is 51.8 Å². The highest BCUT2D eigenvalue weighted by atomic mass is 79.9. The second-order valence-corrected chi connectivity index (χ2v) is 6.86. The highest BCUT2D eigenvalue weighted by Gasteiger charge is 2.26. The molecule has 0 saturated heterocycles. The van der Waals surface area contributed by atoms with Crippen molar-refractivity contribution in [1.82, 2.24) is 0 Å². The number of hydrogen-bond acceptors (Lipinski definition) is 3. The number of anilines is 1. The van der Waals surface area contributed by atoms with Gasteiger partial charge in [0, 0.05) is 15.1 Å². The first-order valence-corrected chi connectivity index (χ1v) is 8.67. The van der Waals surface area contributed by atoms with Gasteiger partial charge < -0.3 is 5.32 Å². The van der Waals surface area contributed by atoms with Gasteiger partial charge in [-0.2, -0.15) is 5.26 Å². The molecule has 0 aliphatic heterocycles. The van der Waals surface area contributed by atoms with Crippen molar-refractivity contribution in [2.24, 2.45) is 0 Å². The maximum absolute atomic E-state index is 9.59. The fraction of sp³-hybridized carbons (Fsp3) is 0.188. The molecular formula is C16H14BrClN2S. The third kappa shape index (κ3) is 3.74. The van der Waals surface area contributed by atoms with E-state index in [2.05, 4.69) is 27.3 Å². The van der Waals surface area contributed by atoms with Gasteiger partial charge in [0.15, 0.2) is 0 Å². The Morgan fingerprint density at radius 3 is 2.43 bits per heavy atom. The third-order valence-electron chi connectivity index (χ3n) is 3.20. The van der Waals surface area contributed by atoms with E-state index in [0.717, 1.165) is 15.7 Å². The first-order chi connectivity index (χ1) is 9.98. The number of halogens is 2. The summed E-state index contributed by atoms with van der Waals surface area (Å²) in [4.78, 5) is 1.17. The minimum atomic E-state index is -0.801. The summed E-state index contributed by atoms with van der Waals surface area (Å²) in [6, 6.07) is 15.9. The molecule has 2 nitrogen and oxygen atoms in total. The molecule has 2 aromatic carbocycles. The summed E-state index contributed by atoms with van der Waals surface area (Å²) < 4.78 is 0.798. The number of benzene rings is 2. The van der Waals surface area contributed by atoms with E-state index >= 15 is 0 Å². The molecule has 0 fully saturated rings. The van der Waals surface area contributed by atoms with Gasteiger partial charge in [-0.3, -0.25) is 0 Å². The number of thioether (sulfide) groups is 1. The molecule has 0 aromatic heterocycles. The molecule has 0 saturated carbocycles. The quantitative estimate of drug-likeness (QED) is 0.692. The van der Waals surface area contributed by atoms with Crippen LogP contribution in [0.4, 0.5) is 5.69 Å². The molecule has 2 rings (SSSR count). The van der Waals surface area contributed by atoms with Crippen molar-refractivity contribution in [1.29, 1.82) is 5.26 Å². The van der Waals surface area contributed by atoms with E-state index in [1.54, 1.807) is 17.8 Å². The lowest BCUT2D eigenvalue weighted by Crippen LogP contribution is -2.29. The van der Waals surface area contributed by atoms with Gasteiger partial charge in [0.25, 0.3) is 0 Å². The number of nitrogens with one attached hydrogen (secondary N) is 1. The maximum Gasteiger partial charge on any atom is 0.148 e. The summed E-state index contributed by atoms with van der Waals surface area (Å²) in [5, 5.41) is 13.5. The Morgan fingerprint density at radius 1 is 1.24 bits per heavy atom. The summed E-state index contributed by atoms with van der Waals surface area (Å²) in [6.45, 7) is 1.86. The van der Waals surface area contributed by atoms with Crippen molar-refractivity contribution >= 4 is 45.0 Å². The zero-order valence-electron chi connectivity index (χ0n) is 11.7. The Kier molecular flexibility index (Phi) is 5.21. The van der Waals surface area contributed by atoms with Crippen molar-refractivity contribution in [2.45, 2.75) is 17.4 Å². The van der Waals surface area contributed by atoms with Gasteiger partial charge >= 0.3 is 0 Å². The SMILES string of the molecule is CSc1ccc(C(C)(C#N)Nc2ccc(Cl)c(Br)c2)cc1. The van der Waals surface area contributed by atoms with E-state index in [1.807, 2.05) is 49.6 Å². The molecule has 21 heavy (non-hydrogen) atoms. The zero-order valence-corrected chi connectivity index (χ0v) is 14.8. The van der Waals surface area contributed by atoms with Crippen LogP contribution < -0.4 is 5.32 Å². The van der Waals surface area contributed by atoms with Gasteiger partial charge in [-0.05, 0) is 65.0 Å². The van der Waals surface area contributed by atoms with Gasteiger partial charge in [-0.1, -0.05) is 23.7 Å². The monoisotopic (exact) mass is 380 g/mol. The van der Waals surface area contributed by atoms with Gasteiger partial charge in [-0.25, -0.2) is 0 Å². The summed E-state index contributed by atoms with van der Waals surface area (Å²) in [7, 11) is 0. The molecule has 0 spiro atoms. The van der Waals surface area contributed by atoms with E-state index in [4.69, 9.17) is 11.6 Å². The molecule has 0 aliphatic carbocycles. The molecule has 5 heteroatoms. The molecule has 108 valence electrons. The highest BCUT2D eigenvalue weighted by Crippen LogP contribution is 2.31. The second-order valence-electron chi connectivity index (χ2n) is 4.72. The van der Waals surface area contributed by atoms with Crippen LogP contribution in [0.5, 0.6) is 0 Å². The fourth-order valence-corrected chi connectivity index (χ4v) is 2.86. The number of hydrogen-bond donors (Lipinski definition) is 1. The average molecular weight is 382 g/mol. The van der Waals surface area contributed by atoms with Crippen LogP contribution in [0.2, 0.25) is 5.02 Å². The Morgan fingerprint density at radius 2 is 1.90 bits per heavy atom. The first kappa shape index (κ1) is 16.2. The van der Waals surface area contributed by atoms with Crippen molar-refractivity contribution in [3.05, 3.63) is 57.5 Å². The molecule has 0 amide bonds. The number of nitrogens with zero attached hydrogens (tertiary/aromatic N) is 1. The third-order valence-corrected chi connectivity index (χ3v) is 5.16.